The van der Waals surface area contributed by atoms with E-state index < -0.39 is 12.7 Å². The molecule has 1 N–H and O–H groups in total. The molecule has 1 atom stereocenters. The van der Waals surface area contributed by atoms with Gasteiger partial charge in [0.2, 0.25) is 5.91 Å². The van der Waals surface area contributed by atoms with Gasteiger partial charge in [-0.1, -0.05) is 0 Å². The van der Waals surface area contributed by atoms with Gasteiger partial charge in [0, 0.05) is 29.5 Å². The number of carbonyl (C=O) groups is 1. The lowest BCUT2D eigenvalue weighted by Crippen LogP contribution is -2.47. The van der Waals surface area contributed by atoms with Crippen LogP contribution in [0.15, 0.2) is 35.0 Å². The molecule has 1 aliphatic heterocycles. The Hall–Kier alpha value is -2.71. The highest BCUT2D eigenvalue weighted by Gasteiger charge is 2.33. The van der Waals surface area contributed by atoms with Crippen molar-refractivity contribution < 1.29 is 27.4 Å². The largest absolute Gasteiger partial charge is 0.573 e. The third-order valence-electron chi connectivity index (χ3n) is 4.34. The predicted molar refractivity (Wildman–Crippen MR) is 92.1 cm³/mol. The lowest BCUT2D eigenvalue weighted by Gasteiger charge is -2.34. The highest BCUT2D eigenvalue weighted by molar-refractivity contribution is 5.81. The van der Waals surface area contributed by atoms with Crippen LogP contribution < -0.4 is 14.8 Å². The highest BCUT2D eigenvalue weighted by Crippen LogP contribution is 2.32. The molecule has 0 aromatic heterocycles. The van der Waals surface area contributed by atoms with E-state index in [1.54, 1.807) is 12.3 Å². The van der Waals surface area contributed by atoms with Gasteiger partial charge in [-0.15, -0.1) is 13.2 Å². The van der Waals surface area contributed by atoms with Gasteiger partial charge in [-0.05, 0) is 38.0 Å². The fraction of sp³-hybridized carbons (Fsp3) is 0.444. The molecule has 1 fully saturated rings. The average molecular weight is 383 g/mol. The van der Waals surface area contributed by atoms with Crippen molar-refractivity contribution in [1.29, 1.82) is 0 Å². The molecule has 1 amide bonds. The Kier molecular flexibility index (Phi) is 5.29. The van der Waals surface area contributed by atoms with Crippen molar-refractivity contribution in [3.05, 3.63) is 35.5 Å². The zero-order valence-corrected chi connectivity index (χ0v) is 14.9. The summed E-state index contributed by atoms with van der Waals surface area (Å²) in [5.41, 5.74) is 1.51. The first-order chi connectivity index (χ1) is 12.8. The van der Waals surface area contributed by atoms with E-state index in [2.05, 4.69) is 15.0 Å². The van der Waals surface area contributed by atoms with Crippen LogP contribution >= 0.6 is 0 Å². The normalized spacial score (nSPS) is 19.5. The van der Waals surface area contributed by atoms with Gasteiger partial charge in [-0.3, -0.25) is 4.79 Å². The van der Waals surface area contributed by atoms with E-state index in [0.717, 1.165) is 18.5 Å². The third kappa shape index (κ3) is 4.93. The number of methoxy groups -OCH3 is 1. The molecule has 0 radical (unpaired) electrons. The smallest absolute Gasteiger partial charge is 0.496 e. The van der Waals surface area contributed by atoms with Gasteiger partial charge < -0.3 is 19.7 Å². The van der Waals surface area contributed by atoms with Gasteiger partial charge in [0.25, 0.3) is 0 Å². The van der Waals surface area contributed by atoms with Gasteiger partial charge in [-0.25, -0.2) is 4.99 Å². The first kappa shape index (κ1) is 19.1. The number of rotatable bonds is 6. The van der Waals surface area contributed by atoms with Crippen LogP contribution in [-0.4, -0.2) is 36.8 Å². The Labute approximate surface area is 154 Å². The average Bonchev–Trinajstić information content (AvgIpc) is 3.42. The van der Waals surface area contributed by atoms with Gasteiger partial charge in [0.15, 0.2) is 6.29 Å². The van der Waals surface area contributed by atoms with E-state index in [4.69, 9.17) is 4.74 Å². The molecular weight excluding hydrogens is 363 g/mol. The van der Waals surface area contributed by atoms with Crippen LogP contribution in [0.2, 0.25) is 0 Å². The van der Waals surface area contributed by atoms with E-state index in [1.165, 1.54) is 25.3 Å². The molecule has 1 heterocycles. The minimum Gasteiger partial charge on any atom is -0.496 e. The quantitative estimate of drug-likeness (QED) is 0.820. The molecule has 1 aromatic carbocycles. The Balaban J connectivity index is 1.77. The Morgan fingerprint density at radius 1 is 1.37 bits per heavy atom. The van der Waals surface area contributed by atoms with Crippen LogP contribution in [0, 0.1) is 5.92 Å². The molecule has 1 saturated carbocycles. The van der Waals surface area contributed by atoms with E-state index in [-0.39, 0.29) is 23.3 Å². The maximum absolute atomic E-state index is 12.4. The number of carbonyl (C=O) groups excluding carboxylic acids is 1. The monoisotopic (exact) mass is 383 g/mol. The fourth-order valence-corrected chi connectivity index (χ4v) is 2.75. The number of ether oxygens (including phenoxy) is 2. The molecule has 2 aliphatic rings. The molecule has 1 unspecified atom stereocenters. The van der Waals surface area contributed by atoms with Crippen molar-refractivity contribution in [1.82, 2.24) is 10.2 Å². The number of amides is 1. The van der Waals surface area contributed by atoms with Crippen LogP contribution in [0.4, 0.5) is 13.2 Å². The zero-order valence-electron chi connectivity index (χ0n) is 14.9. The van der Waals surface area contributed by atoms with Crippen LogP contribution in [0.3, 0.4) is 0 Å². The fourth-order valence-electron chi connectivity index (χ4n) is 2.75. The number of hydrogen-bond acceptors (Lipinski definition) is 5. The van der Waals surface area contributed by atoms with Gasteiger partial charge in [-0.2, -0.15) is 0 Å². The number of aliphatic imine (C=N–C) groups is 1. The summed E-state index contributed by atoms with van der Waals surface area (Å²) in [5, 5.41) is 2.90. The molecule has 1 aromatic rings. The molecule has 1 aliphatic carbocycles. The van der Waals surface area contributed by atoms with Crippen LogP contribution in [0.25, 0.3) is 0 Å². The summed E-state index contributed by atoms with van der Waals surface area (Å²) < 4.78 is 46.4. The van der Waals surface area contributed by atoms with Crippen molar-refractivity contribution in [3.63, 3.8) is 0 Å². The second-order valence-electron chi connectivity index (χ2n) is 6.41. The summed E-state index contributed by atoms with van der Waals surface area (Å²) in [4.78, 5) is 18.3. The van der Waals surface area contributed by atoms with Crippen molar-refractivity contribution in [3.8, 4) is 11.5 Å². The van der Waals surface area contributed by atoms with E-state index in [1.807, 2.05) is 11.8 Å². The second-order valence-corrected chi connectivity index (χ2v) is 6.41. The lowest BCUT2D eigenvalue weighted by molar-refractivity contribution is -0.274. The Morgan fingerprint density at radius 2 is 2.11 bits per heavy atom. The summed E-state index contributed by atoms with van der Waals surface area (Å²) in [6.45, 7) is 2.17. The highest BCUT2D eigenvalue weighted by atomic mass is 19.4. The van der Waals surface area contributed by atoms with Crippen LogP contribution in [0.5, 0.6) is 11.5 Å². The molecule has 3 rings (SSSR count). The number of hydrogen-bond donors (Lipinski definition) is 1. The number of nitrogens with one attached hydrogen (secondary N) is 1. The Morgan fingerprint density at radius 3 is 2.74 bits per heavy atom. The van der Waals surface area contributed by atoms with Crippen molar-refractivity contribution in [2.45, 2.75) is 39.0 Å². The van der Waals surface area contributed by atoms with Crippen LogP contribution in [-0.2, 0) is 11.3 Å². The summed E-state index contributed by atoms with van der Waals surface area (Å²) in [7, 11) is 1.37. The number of halogens is 3. The SMILES string of the molecule is COc1cc(OC(F)(F)F)ccc1CN1C(C)=CC=NC1NC(=O)C1CC1. The number of nitrogens with zero attached hydrogens (tertiary/aromatic N) is 2. The van der Waals surface area contributed by atoms with Gasteiger partial charge in [0.1, 0.15) is 11.5 Å². The van der Waals surface area contributed by atoms with Crippen LogP contribution in [0.1, 0.15) is 25.3 Å². The van der Waals surface area contributed by atoms with Crippen molar-refractivity contribution >= 4 is 12.1 Å². The molecule has 0 saturated heterocycles. The van der Waals surface area contributed by atoms with Crippen molar-refractivity contribution in [2.75, 3.05) is 7.11 Å². The third-order valence-corrected chi connectivity index (χ3v) is 4.34. The standard InChI is InChI=1S/C18H20F3N3O3/c1-11-7-8-22-17(23-16(25)12-3-4-12)24(11)10-13-5-6-14(9-15(13)26-2)27-18(19,20)21/h5-9,12,17H,3-4,10H2,1-2H3,(H,23,25). The molecular formula is C18H20F3N3O3. The topological polar surface area (TPSA) is 63.2 Å². The lowest BCUT2D eigenvalue weighted by atomic mass is 10.1. The summed E-state index contributed by atoms with van der Waals surface area (Å²) in [6.07, 6.45) is -0.156. The predicted octanol–water partition coefficient (Wildman–Crippen LogP) is 3.19. The molecule has 27 heavy (non-hydrogen) atoms. The summed E-state index contributed by atoms with van der Waals surface area (Å²) in [5.74, 6) is -0.101. The first-order valence-electron chi connectivity index (χ1n) is 8.46. The number of alkyl halides is 3. The summed E-state index contributed by atoms with van der Waals surface area (Å²) in [6, 6.07) is 3.92. The van der Waals surface area contributed by atoms with E-state index in [0.29, 0.717) is 12.1 Å². The zero-order chi connectivity index (χ0) is 19.6. The number of allylic oxidation sites excluding steroid dienone is 2. The Bertz CT molecular complexity index is 773. The molecule has 0 bridgehead atoms. The molecule has 6 nitrogen and oxygen atoms in total. The summed E-state index contributed by atoms with van der Waals surface area (Å²) >= 11 is 0. The van der Waals surface area contributed by atoms with Gasteiger partial charge >= 0.3 is 6.36 Å². The molecule has 0 spiro atoms. The minimum absolute atomic E-state index is 0.0431. The van der Waals surface area contributed by atoms with Crippen molar-refractivity contribution in [2.24, 2.45) is 10.9 Å². The number of benzene rings is 1. The van der Waals surface area contributed by atoms with E-state index in [9.17, 15) is 18.0 Å². The van der Waals surface area contributed by atoms with E-state index >= 15 is 0 Å². The first-order valence-corrected chi connectivity index (χ1v) is 8.46. The molecule has 9 heteroatoms. The van der Waals surface area contributed by atoms with Gasteiger partial charge in [0.05, 0.1) is 13.7 Å². The minimum atomic E-state index is -4.77. The maximum atomic E-state index is 12.4. The maximum Gasteiger partial charge on any atom is 0.573 e. The second kappa shape index (κ2) is 7.50. The molecule has 146 valence electrons.